The zero-order chi connectivity index (χ0) is 16.1. The Labute approximate surface area is 125 Å². The first-order valence-corrected chi connectivity index (χ1v) is 6.34. The van der Waals surface area contributed by atoms with E-state index in [4.69, 9.17) is 0 Å². The van der Waals surface area contributed by atoms with Crippen LogP contribution in [-0.4, -0.2) is 23.6 Å². The number of aromatic nitrogens is 1. The second kappa shape index (κ2) is 6.66. The SMILES string of the molecule is COC(=O)c1ccc(=O)n(CC(=O)Nc2cccc(F)c2)c1. The van der Waals surface area contributed by atoms with Gasteiger partial charge in [-0.05, 0) is 24.3 Å². The Morgan fingerprint density at radius 2 is 2.05 bits per heavy atom. The van der Waals surface area contributed by atoms with E-state index in [-0.39, 0.29) is 17.8 Å². The minimum Gasteiger partial charge on any atom is -0.465 e. The lowest BCUT2D eigenvalue weighted by Gasteiger charge is -2.08. The van der Waals surface area contributed by atoms with Gasteiger partial charge in [0, 0.05) is 18.0 Å². The summed E-state index contributed by atoms with van der Waals surface area (Å²) >= 11 is 0. The molecule has 6 nitrogen and oxygen atoms in total. The summed E-state index contributed by atoms with van der Waals surface area (Å²) in [6.07, 6.45) is 1.24. The van der Waals surface area contributed by atoms with Gasteiger partial charge in [-0.3, -0.25) is 9.59 Å². The molecule has 1 amide bonds. The lowest BCUT2D eigenvalue weighted by atomic mass is 10.3. The maximum atomic E-state index is 13.0. The molecule has 0 aliphatic rings. The quantitative estimate of drug-likeness (QED) is 0.866. The minimum atomic E-state index is -0.612. The zero-order valence-electron chi connectivity index (χ0n) is 11.7. The topological polar surface area (TPSA) is 77.4 Å². The van der Waals surface area contributed by atoms with Gasteiger partial charge in [0.15, 0.2) is 0 Å². The number of nitrogens with zero attached hydrogens (tertiary/aromatic N) is 1. The van der Waals surface area contributed by atoms with Crippen LogP contribution in [0.15, 0.2) is 47.4 Å². The highest BCUT2D eigenvalue weighted by molar-refractivity contribution is 5.91. The van der Waals surface area contributed by atoms with Crippen LogP contribution >= 0.6 is 0 Å². The van der Waals surface area contributed by atoms with E-state index < -0.39 is 23.3 Å². The van der Waals surface area contributed by atoms with Crippen molar-refractivity contribution in [1.82, 2.24) is 4.57 Å². The van der Waals surface area contributed by atoms with Crippen molar-refractivity contribution in [2.24, 2.45) is 0 Å². The number of benzene rings is 1. The highest BCUT2D eigenvalue weighted by Crippen LogP contribution is 2.09. The van der Waals surface area contributed by atoms with Crippen LogP contribution in [0, 0.1) is 5.82 Å². The minimum absolute atomic E-state index is 0.153. The van der Waals surface area contributed by atoms with Crippen LogP contribution in [0.3, 0.4) is 0 Å². The molecule has 1 N–H and O–H groups in total. The number of carbonyl (C=O) groups excluding carboxylic acids is 2. The average Bonchev–Trinajstić information content (AvgIpc) is 2.48. The molecule has 2 rings (SSSR count). The Morgan fingerprint density at radius 3 is 2.73 bits per heavy atom. The van der Waals surface area contributed by atoms with Gasteiger partial charge in [-0.2, -0.15) is 0 Å². The third-order valence-electron chi connectivity index (χ3n) is 2.83. The third-order valence-corrected chi connectivity index (χ3v) is 2.83. The highest BCUT2D eigenvalue weighted by atomic mass is 19.1. The van der Waals surface area contributed by atoms with Crippen LogP contribution in [0.4, 0.5) is 10.1 Å². The van der Waals surface area contributed by atoms with Crippen LogP contribution in [0.2, 0.25) is 0 Å². The average molecular weight is 304 g/mol. The Kier molecular flexibility index (Phi) is 4.67. The maximum Gasteiger partial charge on any atom is 0.339 e. The van der Waals surface area contributed by atoms with E-state index >= 15 is 0 Å². The lowest BCUT2D eigenvalue weighted by molar-refractivity contribution is -0.116. The maximum absolute atomic E-state index is 13.0. The Bertz CT molecular complexity index is 770. The first-order chi connectivity index (χ1) is 10.5. The van der Waals surface area contributed by atoms with Crippen LogP contribution in [0.1, 0.15) is 10.4 Å². The van der Waals surface area contributed by atoms with E-state index in [1.165, 1.54) is 43.6 Å². The normalized spacial score (nSPS) is 10.1. The molecule has 0 spiro atoms. The number of halogens is 1. The third kappa shape index (κ3) is 3.78. The summed E-state index contributed by atoms with van der Waals surface area (Å²) < 4.78 is 18.7. The Morgan fingerprint density at radius 1 is 1.27 bits per heavy atom. The van der Waals surface area contributed by atoms with Gasteiger partial charge in [-0.15, -0.1) is 0 Å². The van der Waals surface area contributed by atoms with Gasteiger partial charge in [-0.1, -0.05) is 6.07 Å². The second-order valence-electron chi connectivity index (χ2n) is 4.43. The van der Waals surface area contributed by atoms with E-state index in [2.05, 4.69) is 10.1 Å². The Balaban J connectivity index is 2.14. The lowest BCUT2D eigenvalue weighted by Crippen LogP contribution is -2.27. The molecule has 0 saturated heterocycles. The number of rotatable bonds is 4. The van der Waals surface area contributed by atoms with Crippen LogP contribution in [0.25, 0.3) is 0 Å². The number of pyridine rings is 1. The fraction of sp³-hybridized carbons (Fsp3) is 0.133. The number of methoxy groups -OCH3 is 1. The molecule has 1 aromatic carbocycles. The summed E-state index contributed by atoms with van der Waals surface area (Å²) in [7, 11) is 1.22. The fourth-order valence-corrected chi connectivity index (χ4v) is 1.81. The first kappa shape index (κ1) is 15.4. The molecule has 0 aliphatic heterocycles. The molecule has 7 heteroatoms. The van der Waals surface area contributed by atoms with Crippen molar-refractivity contribution in [3.05, 3.63) is 64.3 Å². The fourth-order valence-electron chi connectivity index (χ4n) is 1.81. The van der Waals surface area contributed by atoms with Crippen molar-refractivity contribution in [3.8, 4) is 0 Å². The van der Waals surface area contributed by atoms with Crippen molar-refractivity contribution in [2.45, 2.75) is 6.54 Å². The zero-order valence-corrected chi connectivity index (χ0v) is 11.7. The molecule has 114 valence electrons. The van der Waals surface area contributed by atoms with Crippen LogP contribution < -0.4 is 10.9 Å². The van der Waals surface area contributed by atoms with E-state index in [1.54, 1.807) is 0 Å². The van der Waals surface area contributed by atoms with E-state index in [9.17, 15) is 18.8 Å². The van der Waals surface area contributed by atoms with Gasteiger partial charge < -0.3 is 14.6 Å². The molecule has 1 aromatic heterocycles. The molecule has 0 fully saturated rings. The summed E-state index contributed by atoms with van der Waals surface area (Å²) in [6, 6.07) is 7.87. The summed E-state index contributed by atoms with van der Waals surface area (Å²) in [5.74, 6) is -1.61. The van der Waals surface area contributed by atoms with Crippen molar-refractivity contribution in [3.63, 3.8) is 0 Å². The van der Waals surface area contributed by atoms with Crippen molar-refractivity contribution >= 4 is 17.6 Å². The number of anilines is 1. The molecular weight excluding hydrogens is 291 g/mol. The van der Waals surface area contributed by atoms with Crippen molar-refractivity contribution in [1.29, 1.82) is 0 Å². The van der Waals surface area contributed by atoms with E-state index in [0.29, 0.717) is 0 Å². The Hall–Kier alpha value is -2.96. The van der Waals surface area contributed by atoms with Crippen LogP contribution in [-0.2, 0) is 16.1 Å². The molecule has 0 atom stereocenters. The first-order valence-electron chi connectivity index (χ1n) is 6.34. The molecule has 0 bridgehead atoms. The number of ether oxygens (including phenoxy) is 1. The molecule has 0 unspecified atom stereocenters. The standard InChI is InChI=1S/C15H13FN2O4/c1-22-15(21)10-5-6-14(20)18(8-10)9-13(19)17-12-4-2-3-11(16)7-12/h2-8H,9H2,1H3,(H,17,19). The largest absolute Gasteiger partial charge is 0.465 e. The predicted molar refractivity (Wildman–Crippen MR) is 77.1 cm³/mol. The number of hydrogen-bond donors (Lipinski definition) is 1. The summed E-state index contributed by atoms with van der Waals surface area (Å²) in [5.41, 5.74) is -0.00938. The van der Waals surface area contributed by atoms with Gasteiger partial charge in [0.05, 0.1) is 12.7 Å². The van der Waals surface area contributed by atoms with Crippen molar-refractivity contribution < 1.29 is 18.7 Å². The molecule has 0 aliphatic carbocycles. The summed E-state index contributed by atoms with van der Waals surface area (Å²) in [5, 5.41) is 2.47. The number of esters is 1. The molecule has 22 heavy (non-hydrogen) atoms. The molecule has 2 aromatic rings. The number of hydrogen-bond acceptors (Lipinski definition) is 4. The van der Waals surface area contributed by atoms with Gasteiger partial charge in [0.1, 0.15) is 12.4 Å². The molecule has 0 saturated carbocycles. The molecule has 0 radical (unpaired) electrons. The monoisotopic (exact) mass is 304 g/mol. The van der Waals surface area contributed by atoms with Gasteiger partial charge in [0.25, 0.3) is 5.56 Å². The summed E-state index contributed by atoms with van der Waals surface area (Å²) in [4.78, 5) is 35.0. The second-order valence-corrected chi connectivity index (χ2v) is 4.43. The van der Waals surface area contributed by atoms with E-state index in [1.807, 2.05) is 0 Å². The predicted octanol–water partition coefficient (Wildman–Crippen LogP) is 1.41. The van der Waals surface area contributed by atoms with Gasteiger partial charge in [0.2, 0.25) is 5.91 Å². The van der Waals surface area contributed by atoms with Crippen LogP contribution in [0.5, 0.6) is 0 Å². The molecule has 1 heterocycles. The smallest absolute Gasteiger partial charge is 0.339 e. The highest BCUT2D eigenvalue weighted by Gasteiger charge is 2.10. The van der Waals surface area contributed by atoms with Crippen molar-refractivity contribution in [2.75, 3.05) is 12.4 Å². The molecular formula is C15H13FN2O4. The van der Waals surface area contributed by atoms with Gasteiger partial charge >= 0.3 is 5.97 Å². The van der Waals surface area contributed by atoms with E-state index in [0.717, 1.165) is 10.6 Å². The number of amides is 1. The number of nitrogens with one attached hydrogen (secondary N) is 1. The van der Waals surface area contributed by atoms with Gasteiger partial charge in [-0.25, -0.2) is 9.18 Å². The number of carbonyl (C=O) groups is 2. The summed E-state index contributed by atoms with van der Waals surface area (Å²) in [6.45, 7) is -0.305.